The van der Waals surface area contributed by atoms with Gasteiger partial charge in [0.25, 0.3) is 0 Å². The lowest BCUT2D eigenvalue weighted by molar-refractivity contribution is -0.127. The highest BCUT2D eigenvalue weighted by Gasteiger charge is 2.36. The highest BCUT2D eigenvalue weighted by molar-refractivity contribution is 7.89. The van der Waals surface area contributed by atoms with Crippen molar-refractivity contribution in [2.45, 2.75) is 4.90 Å². The van der Waals surface area contributed by atoms with Crippen LogP contribution in [0.25, 0.3) is 0 Å². The number of hydrogen-bond donors (Lipinski definition) is 0. The molecule has 1 aliphatic rings. The molecule has 1 saturated heterocycles. The van der Waals surface area contributed by atoms with Crippen molar-refractivity contribution < 1.29 is 26.7 Å². The Labute approximate surface area is 121 Å². The van der Waals surface area contributed by atoms with E-state index in [1.54, 1.807) is 0 Å². The molecule has 0 spiro atoms. The van der Waals surface area contributed by atoms with E-state index in [2.05, 4.69) is 0 Å². The first-order chi connectivity index (χ1) is 9.86. The number of nitrogens with zero attached hydrogens (tertiary/aromatic N) is 2. The molecule has 1 aromatic rings. The van der Waals surface area contributed by atoms with Crippen LogP contribution in [0.5, 0.6) is 0 Å². The van der Waals surface area contributed by atoms with Crippen LogP contribution in [0.1, 0.15) is 0 Å². The number of sulfonamides is 1. The van der Waals surface area contributed by atoms with Crippen molar-refractivity contribution in [3.8, 4) is 0 Å². The first-order valence-electron chi connectivity index (χ1n) is 6.08. The van der Waals surface area contributed by atoms with Gasteiger partial charge in [0.1, 0.15) is 0 Å². The first-order valence-corrected chi connectivity index (χ1v) is 7.52. The summed E-state index contributed by atoms with van der Waals surface area (Å²) in [4.78, 5) is 12.7. The maximum absolute atomic E-state index is 13.2. The number of carbonyl (C=O) groups is 1. The fourth-order valence-corrected chi connectivity index (χ4v) is 3.28. The number of methoxy groups -OCH3 is 1. The van der Waals surface area contributed by atoms with Crippen LogP contribution in [0.4, 0.5) is 8.78 Å². The number of carbonyl (C=O) groups excluding carboxylic acids is 1. The normalized spacial score (nSPS) is 16.7. The molecule has 1 amide bonds. The van der Waals surface area contributed by atoms with E-state index >= 15 is 0 Å². The Morgan fingerprint density at radius 1 is 1.29 bits per heavy atom. The summed E-state index contributed by atoms with van der Waals surface area (Å²) >= 11 is 0. The molecule has 0 N–H and O–H groups in total. The van der Waals surface area contributed by atoms with Crippen molar-refractivity contribution in [2.24, 2.45) is 0 Å². The maximum Gasteiger partial charge on any atom is 0.245 e. The smallest absolute Gasteiger partial charge is 0.245 e. The summed E-state index contributed by atoms with van der Waals surface area (Å²) in [6, 6.07) is 2.31. The molecule has 2 rings (SSSR count). The monoisotopic (exact) mass is 320 g/mol. The Morgan fingerprint density at radius 2 is 2.00 bits per heavy atom. The Kier molecular flexibility index (Phi) is 4.55. The number of halogens is 2. The highest BCUT2D eigenvalue weighted by atomic mass is 32.2. The van der Waals surface area contributed by atoms with E-state index in [4.69, 9.17) is 4.74 Å². The zero-order valence-electron chi connectivity index (χ0n) is 11.3. The summed E-state index contributed by atoms with van der Waals surface area (Å²) in [5.41, 5.74) is 0. The van der Waals surface area contributed by atoms with Gasteiger partial charge in [-0.15, -0.1) is 0 Å². The van der Waals surface area contributed by atoms with Crippen molar-refractivity contribution in [3.05, 3.63) is 29.8 Å². The highest BCUT2D eigenvalue weighted by Crippen LogP contribution is 2.21. The molecule has 1 fully saturated rings. The summed E-state index contributed by atoms with van der Waals surface area (Å²) in [7, 11) is -2.58. The second-order valence-electron chi connectivity index (χ2n) is 4.48. The molecule has 9 heteroatoms. The predicted octanol–water partition coefficient (Wildman–Crippen LogP) is 0.402. The van der Waals surface area contributed by atoms with Crippen LogP contribution in [-0.2, 0) is 19.6 Å². The molecule has 0 saturated carbocycles. The van der Waals surface area contributed by atoms with E-state index in [-0.39, 0.29) is 37.2 Å². The third kappa shape index (κ3) is 3.20. The lowest BCUT2D eigenvalue weighted by Crippen LogP contribution is -2.33. The molecule has 1 aliphatic heterocycles. The quantitative estimate of drug-likeness (QED) is 0.788. The van der Waals surface area contributed by atoms with Crippen molar-refractivity contribution in [3.63, 3.8) is 0 Å². The second-order valence-corrected chi connectivity index (χ2v) is 6.42. The van der Waals surface area contributed by atoms with Gasteiger partial charge in [-0.2, -0.15) is 4.31 Å². The van der Waals surface area contributed by atoms with Gasteiger partial charge in [0.05, 0.1) is 24.7 Å². The van der Waals surface area contributed by atoms with Gasteiger partial charge in [-0.05, 0) is 18.2 Å². The van der Waals surface area contributed by atoms with E-state index in [9.17, 15) is 22.0 Å². The van der Waals surface area contributed by atoms with Crippen LogP contribution >= 0.6 is 0 Å². The lowest BCUT2D eigenvalue weighted by Gasteiger charge is -2.17. The molecule has 0 unspecified atom stereocenters. The minimum atomic E-state index is -4.05. The minimum Gasteiger partial charge on any atom is -0.383 e. The molecule has 21 heavy (non-hydrogen) atoms. The van der Waals surface area contributed by atoms with Crippen molar-refractivity contribution >= 4 is 15.9 Å². The molecule has 0 aromatic heterocycles. The van der Waals surface area contributed by atoms with Gasteiger partial charge in [-0.3, -0.25) is 4.79 Å². The first kappa shape index (κ1) is 15.8. The third-order valence-electron chi connectivity index (χ3n) is 3.09. The molecular weight excluding hydrogens is 306 g/mol. The number of ether oxygens (including phenoxy) is 1. The SMILES string of the molecule is COCCN1CN(S(=O)(=O)c2ccc(F)c(F)c2)CC1=O. The summed E-state index contributed by atoms with van der Waals surface area (Å²) in [5.74, 6) is -2.75. The van der Waals surface area contributed by atoms with Crippen LogP contribution in [0.15, 0.2) is 23.1 Å². The maximum atomic E-state index is 13.2. The van der Waals surface area contributed by atoms with E-state index in [1.807, 2.05) is 0 Å². The van der Waals surface area contributed by atoms with Crippen LogP contribution < -0.4 is 0 Å². The summed E-state index contributed by atoms with van der Waals surface area (Å²) in [6.07, 6.45) is 0. The van der Waals surface area contributed by atoms with Crippen LogP contribution in [0.3, 0.4) is 0 Å². The van der Waals surface area contributed by atoms with Gasteiger partial charge in [-0.25, -0.2) is 17.2 Å². The van der Waals surface area contributed by atoms with E-state index < -0.39 is 21.7 Å². The van der Waals surface area contributed by atoms with Gasteiger partial charge >= 0.3 is 0 Å². The summed E-state index contributed by atoms with van der Waals surface area (Å²) < 4.78 is 56.4. The van der Waals surface area contributed by atoms with Gasteiger partial charge < -0.3 is 9.64 Å². The number of rotatable bonds is 5. The van der Waals surface area contributed by atoms with E-state index in [0.29, 0.717) is 6.07 Å². The lowest BCUT2D eigenvalue weighted by atomic mass is 10.3. The van der Waals surface area contributed by atoms with Crippen LogP contribution in [-0.4, -0.2) is 57.0 Å². The van der Waals surface area contributed by atoms with Gasteiger partial charge in [0.2, 0.25) is 15.9 Å². The largest absolute Gasteiger partial charge is 0.383 e. The van der Waals surface area contributed by atoms with Crippen molar-refractivity contribution in [1.82, 2.24) is 9.21 Å². The molecular formula is C12H14F2N2O4S. The predicted molar refractivity (Wildman–Crippen MR) is 68.7 cm³/mol. The zero-order chi connectivity index (χ0) is 15.6. The third-order valence-corrected chi connectivity index (χ3v) is 4.86. The molecule has 0 bridgehead atoms. The molecule has 0 radical (unpaired) electrons. The number of benzene rings is 1. The topological polar surface area (TPSA) is 66.9 Å². The van der Waals surface area contributed by atoms with Gasteiger partial charge in [0.15, 0.2) is 11.6 Å². The standard InChI is InChI=1S/C12H14F2N2O4S/c1-20-5-4-15-8-16(7-12(15)17)21(18,19)9-2-3-10(13)11(14)6-9/h2-3,6H,4-5,7-8H2,1H3. The van der Waals surface area contributed by atoms with Gasteiger partial charge in [0, 0.05) is 13.7 Å². The molecule has 0 atom stereocenters. The van der Waals surface area contributed by atoms with Crippen molar-refractivity contribution in [1.29, 1.82) is 0 Å². The molecule has 6 nitrogen and oxygen atoms in total. The van der Waals surface area contributed by atoms with Crippen molar-refractivity contribution in [2.75, 3.05) is 33.5 Å². The zero-order valence-corrected chi connectivity index (χ0v) is 12.1. The van der Waals surface area contributed by atoms with Crippen LogP contribution in [0.2, 0.25) is 0 Å². The molecule has 1 aromatic carbocycles. The Hall–Kier alpha value is -1.58. The number of amides is 1. The van der Waals surface area contributed by atoms with E-state index in [0.717, 1.165) is 16.4 Å². The summed E-state index contributed by atoms with van der Waals surface area (Å²) in [5, 5.41) is 0. The second kappa shape index (κ2) is 6.04. The molecule has 116 valence electrons. The Balaban J connectivity index is 2.20. The Bertz CT molecular complexity index is 651. The number of hydrogen-bond acceptors (Lipinski definition) is 4. The average molecular weight is 320 g/mol. The fourth-order valence-electron chi connectivity index (χ4n) is 1.91. The summed E-state index contributed by atoms with van der Waals surface area (Å²) in [6.45, 7) is 0.0818. The molecule has 1 heterocycles. The minimum absolute atomic E-state index is 0.135. The Morgan fingerprint density at radius 3 is 2.62 bits per heavy atom. The average Bonchev–Trinajstić information content (AvgIpc) is 2.81. The fraction of sp³-hybridized carbons (Fsp3) is 0.417. The van der Waals surface area contributed by atoms with Gasteiger partial charge in [-0.1, -0.05) is 0 Å². The van der Waals surface area contributed by atoms with Crippen LogP contribution in [0, 0.1) is 11.6 Å². The molecule has 0 aliphatic carbocycles. The van der Waals surface area contributed by atoms with E-state index in [1.165, 1.54) is 12.0 Å².